The fourth-order valence-electron chi connectivity index (χ4n) is 3.06. The summed E-state index contributed by atoms with van der Waals surface area (Å²) in [6.07, 6.45) is -3.65. The van der Waals surface area contributed by atoms with Crippen LogP contribution in [0.3, 0.4) is 0 Å². The molecule has 1 aromatic carbocycles. The number of halogens is 3. The van der Waals surface area contributed by atoms with Gasteiger partial charge in [0, 0.05) is 19.1 Å². The zero-order valence-corrected chi connectivity index (χ0v) is 11.7. The molecule has 6 heteroatoms. The number of fused-ring (bicyclic) bond motifs is 1. The monoisotopic (exact) mass is 298 g/mol. The van der Waals surface area contributed by atoms with Crippen LogP contribution < -0.4 is 5.32 Å². The predicted octanol–water partition coefficient (Wildman–Crippen LogP) is 2.45. The number of aryl methyl sites for hydroxylation is 1. The molecule has 2 atom stereocenters. The Labute approximate surface area is 121 Å². The molecule has 21 heavy (non-hydrogen) atoms. The summed E-state index contributed by atoms with van der Waals surface area (Å²) in [4.78, 5) is 14.0. The molecule has 3 rings (SSSR count). The Morgan fingerprint density at radius 3 is 2.71 bits per heavy atom. The number of piperidine rings is 1. The molecular formula is C15H17F3N2O. The number of carbonyl (C=O) groups excluding carboxylic acids is 1. The maximum atomic E-state index is 13.1. The molecule has 0 unspecified atom stereocenters. The zero-order chi connectivity index (χ0) is 15.2. The summed E-state index contributed by atoms with van der Waals surface area (Å²) in [7, 11) is 0. The molecule has 0 aliphatic carbocycles. The summed E-state index contributed by atoms with van der Waals surface area (Å²) in [5.41, 5.74) is -0.426. The lowest BCUT2D eigenvalue weighted by Crippen LogP contribution is -2.62. The van der Waals surface area contributed by atoms with Gasteiger partial charge in [-0.15, -0.1) is 0 Å². The van der Waals surface area contributed by atoms with Gasteiger partial charge >= 0.3 is 6.18 Å². The minimum atomic E-state index is -4.51. The lowest BCUT2D eigenvalue weighted by atomic mass is 9.84. The van der Waals surface area contributed by atoms with Gasteiger partial charge in [0.15, 0.2) is 0 Å². The van der Waals surface area contributed by atoms with E-state index in [0.717, 1.165) is 19.0 Å². The van der Waals surface area contributed by atoms with Crippen LogP contribution in [0.15, 0.2) is 18.2 Å². The van der Waals surface area contributed by atoms with Gasteiger partial charge in [0.1, 0.15) is 0 Å². The normalized spacial score (nSPS) is 25.2. The van der Waals surface area contributed by atoms with Gasteiger partial charge in [-0.2, -0.15) is 13.2 Å². The highest BCUT2D eigenvalue weighted by Crippen LogP contribution is 2.34. The molecule has 2 fully saturated rings. The van der Waals surface area contributed by atoms with E-state index in [1.54, 1.807) is 6.92 Å². The predicted molar refractivity (Wildman–Crippen MR) is 72.0 cm³/mol. The van der Waals surface area contributed by atoms with E-state index in [9.17, 15) is 18.0 Å². The highest BCUT2D eigenvalue weighted by atomic mass is 19.4. The molecule has 0 spiro atoms. The summed E-state index contributed by atoms with van der Waals surface area (Å²) < 4.78 is 39.2. The van der Waals surface area contributed by atoms with Crippen molar-refractivity contribution in [2.24, 2.45) is 5.92 Å². The highest BCUT2D eigenvalue weighted by molar-refractivity contribution is 5.96. The van der Waals surface area contributed by atoms with Gasteiger partial charge < -0.3 is 10.2 Å². The Bertz CT molecular complexity index is 571. The fraction of sp³-hybridized carbons (Fsp3) is 0.533. The van der Waals surface area contributed by atoms with E-state index >= 15 is 0 Å². The van der Waals surface area contributed by atoms with E-state index in [1.807, 2.05) is 0 Å². The van der Waals surface area contributed by atoms with Crippen molar-refractivity contribution in [2.75, 3.05) is 19.6 Å². The van der Waals surface area contributed by atoms with Crippen LogP contribution in [0.1, 0.15) is 27.9 Å². The number of amides is 1. The molecular weight excluding hydrogens is 281 g/mol. The molecule has 2 aliphatic rings. The smallest absolute Gasteiger partial charge is 0.337 e. The number of hydrogen-bond donors (Lipinski definition) is 1. The van der Waals surface area contributed by atoms with Crippen LogP contribution in [0.4, 0.5) is 13.2 Å². The average molecular weight is 298 g/mol. The summed E-state index contributed by atoms with van der Waals surface area (Å²) in [5.74, 6) is 0.0480. The molecule has 2 aliphatic heterocycles. The Morgan fingerprint density at radius 2 is 2.14 bits per heavy atom. The third-order valence-corrected chi connectivity index (χ3v) is 4.40. The summed E-state index contributed by atoms with van der Waals surface area (Å²) >= 11 is 0. The molecule has 0 bridgehead atoms. The molecule has 3 nitrogen and oxygen atoms in total. The second-order valence-electron chi connectivity index (χ2n) is 5.86. The van der Waals surface area contributed by atoms with E-state index in [0.29, 0.717) is 24.6 Å². The molecule has 1 amide bonds. The van der Waals surface area contributed by atoms with Gasteiger partial charge in [0.25, 0.3) is 5.91 Å². The summed E-state index contributed by atoms with van der Waals surface area (Å²) in [6, 6.07) is 3.96. The van der Waals surface area contributed by atoms with Gasteiger partial charge in [-0.1, -0.05) is 11.6 Å². The van der Waals surface area contributed by atoms with Gasteiger partial charge in [0.05, 0.1) is 11.1 Å². The van der Waals surface area contributed by atoms with Crippen molar-refractivity contribution < 1.29 is 18.0 Å². The first kappa shape index (κ1) is 14.4. The molecule has 0 saturated carbocycles. The number of alkyl halides is 3. The first-order valence-electron chi connectivity index (χ1n) is 7.07. The van der Waals surface area contributed by atoms with Crippen molar-refractivity contribution in [2.45, 2.75) is 25.6 Å². The van der Waals surface area contributed by atoms with Crippen LogP contribution in [-0.4, -0.2) is 36.5 Å². The van der Waals surface area contributed by atoms with Crippen LogP contribution in [0, 0.1) is 12.8 Å². The van der Waals surface area contributed by atoms with Crippen LogP contribution >= 0.6 is 0 Å². The van der Waals surface area contributed by atoms with Crippen LogP contribution in [0.2, 0.25) is 0 Å². The molecule has 1 aromatic rings. The molecule has 2 heterocycles. The second kappa shape index (κ2) is 5.02. The topological polar surface area (TPSA) is 32.3 Å². The van der Waals surface area contributed by atoms with Crippen molar-refractivity contribution >= 4 is 5.91 Å². The largest absolute Gasteiger partial charge is 0.417 e. The van der Waals surface area contributed by atoms with Gasteiger partial charge in [-0.3, -0.25) is 4.79 Å². The van der Waals surface area contributed by atoms with E-state index in [-0.39, 0.29) is 11.6 Å². The highest BCUT2D eigenvalue weighted by Gasteiger charge is 2.40. The number of rotatable bonds is 1. The van der Waals surface area contributed by atoms with Crippen LogP contribution in [0.5, 0.6) is 0 Å². The first-order valence-corrected chi connectivity index (χ1v) is 7.07. The van der Waals surface area contributed by atoms with Crippen molar-refractivity contribution in [1.82, 2.24) is 10.2 Å². The number of hydrogen-bond acceptors (Lipinski definition) is 2. The number of nitrogens with one attached hydrogen (secondary N) is 1. The zero-order valence-electron chi connectivity index (χ0n) is 11.7. The standard InChI is InChI=1S/C15H17F3N2O/c1-9-2-3-12(15(16,17)18)11(6-9)14(21)20-5-4-10-7-19-13(10)8-20/h2-3,6,10,13,19H,4-5,7-8H2,1H3/t10-,13-/m0/s1. The molecule has 0 radical (unpaired) electrons. The summed E-state index contributed by atoms with van der Waals surface area (Å²) in [6.45, 7) is 3.67. The third kappa shape index (κ3) is 2.64. The Hall–Kier alpha value is -1.56. The van der Waals surface area contributed by atoms with Crippen molar-refractivity contribution in [3.63, 3.8) is 0 Å². The maximum Gasteiger partial charge on any atom is 0.417 e. The van der Waals surface area contributed by atoms with Crippen molar-refractivity contribution in [1.29, 1.82) is 0 Å². The number of likely N-dealkylation sites (tertiary alicyclic amines) is 1. The van der Waals surface area contributed by atoms with Crippen LogP contribution in [0.25, 0.3) is 0 Å². The van der Waals surface area contributed by atoms with Crippen molar-refractivity contribution in [3.8, 4) is 0 Å². The van der Waals surface area contributed by atoms with Gasteiger partial charge in [-0.25, -0.2) is 0 Å². The Balaban J connectivity index is 1.88. The summed E-state index contributed by atoms with van der Waals surface area (Å²) in [5, 5.41) is 3.22. The number of carbonyl (C=O) groups is 1. The average Bonchev–Trinajstić information content (AvgIpc) is 2.38. The second-order valence-corrected chi connectivity index (χ2v) is 5.86. The molecule has 0 aromatic heterocycles. The van der Waals surface area contributed by atoms with Gasteiger partial charge in [0.2, 0.25) is 0 Å². The van der Waals surface area contributed by atoms with E-state index < -0.39 is 17.6 Å². The van der Waals surface area contributed by atoms with Gasteiger partial charge in [-0.05, 0) is 37.9 Å². The Morgan fingerprint density at radius 1 is 1.38 bits per heavy atom. The molecule has 114 valence electrons. The Kier molecular flexibility index (Phi) is 3.43. The number of benzene rings is 1. The quantitative estimate of drug-likeness (QED) is 0.864. The minimum Gasteiger partial charge on any atom is -0.337 e. The van der Waals surface area contributed by atoms with E-state index in [1.165, 1.54) is 17.0 Å². The van der Waals surface area contributed by atoms with E-state index in [2.05, 4.69) is 5.32 Å². The molecule has 2 saturated heterocycles. The lowest BCUT2D eigenvalue weighted by Gasteiger charge is -2.46. The van der Waals surface area contributed by atoms with Crippen molar-refractivity contribution in [3.05, 3.63) is 34.9 Å². The third-order valence-electron chi connectivity index (χ3n) is 4.40. The first-order chi connectivity index (χ1) is 9.86. The SMILES string of the molecule is Cc1ccc(C(F)(F)F)c(C(=O)N2CC[C@H]3CN[C@H]3C2)c1. The lowest BCUT2D eigenvalue weighted by molar-refractivity contribution is -0.138. The number of nitrogens with zero attached hydrogens (tertiary/aromatic N) is 1. The van der Waals surface area contributed by atoms with Crippen LogP contribution in [-0.2, 0) is 6.18 Å². The maximum absolute atomic E-state index is 13.1. The molecule has 1 N–H and O–H groups in total. The minimum absolute atomic E-state index is 0.236. The fourth-order valence-corrected chi connectivity index (χ4v) is 3.06. The van der Waals surface area contributed by atoms with E-state index in [4.69, 9.17) is 0 Å².